The molecule has 0 aliphatic carbocycles. The summed E-state index contributed by atoms with van der Waals surface area (Å²) >= 11 is 6.04. The van der Waals surface area contributed by atoms with E-state index in [-0.39, 0.29) is 34.7 Å². The Labute approximate surface area is 186 Å². The Bertz CT molecular complexity index is 1340. The minimum Gasteiger partial charge on any atom is -0.348 e. The number of aryl methyl sites for hydroxylation is 1. The van der Waals surface area contributed by atoms with Crippen LogP contribution in [0.15, 0.2) is 65.5 Å². The fourth-order valence-electron chi connectivity index (χ4n) is 3.23. The third-order valence-corrected chi connectivity index (χ3v) is 5.25. The van der Waals surface area contributed by atoms with Gasteiger partial charge in [-0.3, -0.25) is 9.78 Å². The van der Waals surface area contributed by atoms with Crippen molar-refractivity contribution >= 4 is 17.5 Å². The first-order valence-corrected chi connectivity index (χ1v) is 9.98. The second-order valence-electron chi connectivity index (χ2n) is 7.09. The molecule has 0 saturated carbocycles. The first-order valence-electron chi connectivity index (χ1n) is 9.61. The van der Waals surface area contributed by atoms with Gasteiger partial charge < -0.3 is 5.32 Å². The molecule has 0 aliphatic heterocycles. The zero-order valence-corrected chi connectivity index (χ0v) is 17.6. The molecule has 1 heterocycles. The summed E-state index contributed by atoms with van der Waals surface area (Å²) in [7, 11) is 0. The molecule has 4 rings (SSSR count). The maximum absolute atomic E-state index is 14.1. The molecule has 4 aromatic rings. The minimum atomic E-state index is -0.609. The Kier molecular flexibility index (Phi) is 5.87. The van der Waals surface area contributed by atoms with Gasteiger partial charge in [0.1, 0.15) is 11.6 Å². The van der Waals surface area contributed by atoms with Gasteiger partial charge in [0.15, 0.2) is 5.82 Å². The van der Waals surface area contributed by atoms with Crippen molar-refractivity contribution in [2.24, 2.45) is 0 Å². The molecule has 3 aromatic carbocycles. The van der Waals surface area contributed by atoms with Gasteiger partial charge >= 0.3 is 5.69 Å². The SMILES string of the molecule is Cc1cc(F)ccc1CNC(=O)c1ccc(-n2nc(-c3c(F)cccc3Cl)[nH]c2=O)cc1. The molecule has 2 N–H and O–H groups in total. The Morgan fingerprint density at radius 1 is 1.12 bits per heavy atom. The lowest BCUT2D eigenvalue weighted by Crippen LogP contribution is -2.23. The van der Waals surface area contributed by atoms with Crippen molar-refractivity contribution in [3.63, 3.8) is 0 Å². The number of benzene rings is 3. The normalized spacial score (nSPS) is 10.9. The van der Waals surface area contributed by atoms with Crippen molar-refractivity contribution in [3.8, 4) is 17.1 Å². The highest BCUT2D eigenvalue weighted by Crippen LogP contribution is 2.27. The first kappa shape index (κ1) is 21.5. The second-order valence-corrected chi connectivity index (χ2v) is 7.49. The molecule has 0 spiro atoms. The van der Waals surface area contributed by atoms with Gasteiger partial charge in [0, 0.05) is 12.1 Å². The van der Waals surface area contributed by atoms with Crippen LogP contribution in [0.4, 0.5) is 8.78 Å². The standard InChI is InChI=1S/C23H17ClF2N4O2/c1-13-11-16(25)8-5-15(13)12-27-22(31)14-6-9-17(10-7-14)30-23(32)28-21(29-30)20-18(24)3-2-4-19(20)26/h2-11H,12H2,1H3,(H,27,31)(H,28,29,32). The van der Waals surface area contributed by atoms with Crippen LogP contribution in [-0.4, -0.2) is 20.7 Å². The van der Waals surface area contributed by atoms with Gasteiger partial charge in [0.25, 0.3) is 5.91 Å². The number of rotatable bonds is 5. The number of hydrogen-bond donors (Lipinski definition) is 2. The maximum Gasteiger partial charge on any atom is 0.348 e. The monoisotopic (exact) mass is 454 g/mol. The summed E-state index contributed by atoms with van der Waals surface area (Å²) in [6, 6.07) is 14.7. The summed E-state index contributed by atoms with van der Waals surface area (Å²) in [4.78, 5) is 27.3. The Morgan fingerprint density at radius 2 is 1.88 bits per heavy atom. The van der Waals surface area contributed by atoms with Crippen LogP contribution >= 0.6 is 11.6 Å². The van der Waals surface area contributed by atoms with E-state index >= 15 is 0 Å². The molecule has 6 nitrogen and oxygen atoms in total. The summed E-state index contributed by atoms with van der Waals surface area (Å²) in [5, 5.41) is 7.03. The molecule has 0 saturated heterocycles. The fraction of sp³-hybridized carbons (Fsp3) is 0.0870. The fourth-order valence-corrected chi connectivity index (χ4v) is 3.48. The highest BCUT2D eigenvalue weighted by Gasteiger charge is 2.16. The van der Waals surface area contributed by atoms with Gasteiger partial charge in [0.05, 0.1) is 16.3 Å². The van der Waals surface area contributed by atoms with Crippen molar-refractivity contribution < 1.29 is 13.6 Å². The molecule has 0 atom stereocenters. The predicted octanol–water partition coefficient (Wildman–Crippen LogP) is 4.40. The molecule has 0 unspecified atom stereocenters. The summed E-state index contributed by atoms with van der Waals surface area (Å²) < 4.78 is 28.4. The molecule has 1 aromatic heterocycles. The van der Waals surface area contributed by atoms with E-state index in [1.54, 1.807) is 37.3 Å². The van der Waals surface area contributed by atoms with E-state index in [2.05, 4.69) is 15.4 Å². The maximum atomic E-state index is 14.1. The van der Waals surface area contributed by atoms with Crippen molar-refractivity contribution in [1.82, 2.24) is 20.1 Å². The topological polar surface area (TPSA) is 79.8 Å². The van der Waals surface area contributed by atoms with Gasteiger partial charge in [-0.05, 0) is 66.6 Å². The molecule has 0 aliphatic rings. The van der Waals surface area contributed by atoms with E-state index in [0.717, 1.165) is 15.8 Å². The lowest BCUT2D eigenvalue weighted by atomic mass is 10.1. The molecule has 0 radical (unpaired) electrons. The molecular weight excluding hydrogens is 438 g/mol. The van der Waals surface area contributed by atoms with Gasteiger partial charge in [-0.1, -0.05) is 23.7 Å². The number of hydrogen-bond acceptors (Lipinski definition) is 3. The van der Waals surface area contributed by atoms with E-state index < -0.39 is 11.5 Å². The van der Waals surface area contributed by atoms with Crippen LogP contribution in [0.2, 0.25) is 5.02 Å². The first-order chi connectivity index (χ1) is 15.3. The summed E-state index contributed by atoms with van der Waals surface area (Å²) in [5.41, 5.74) is 1.72. The Morgan fingerprint density at radius 3 is 2.56 bits per heavy atom. The van der Waals surface area contributed by atoms with E-state index in [9.17, 15) is 18.4 Å². The third kappa shape index (κ3) is 4.31. The number of aromatic amines is 1. The van der Waals surface area contributed by atoms with Gasteiger partial charge in [-0.2, -0.15) is 4.68 Å². The molecule has 1 amide bonds. The number of nitrogens with zero attached hydrogens (tertiary/aromatic N) is 2. The van der Waals surface area contributed by atoms with Gasteiger partial charge in [-0.25, -0.2) is 13.6 Å². The van der Waals surface area contributed by atoms with Crippen LogP contribution in [0, 0.1) is 18.6 Å². The zero-order valence-electron chi connectivity index (χ0n) is 16.8. The van der Waals surface area contributed by atoms with Crippen molar-refractivity contribution in [1.29, 1.82) is 0 Å². The summed E-state index contributed by atoms with van der Waals surface area (Å²) in [6.45, 7) is 2.02. The number of H-pyrrole nitrogens is 1. The van der Waals surface area contributed by atoms with Gasteiger partial charge in [0.2, 0.25) is 0 Å². The molecule has 0 bridgehead atoms. The quantitative estimate of drug-likeness (QED) is 0.469. The lowest BCUT2D eigenvalue weighted by molar-refractivity contribution is 0.0951. The van der Waals surface area contributed by atoms with Crippen LogP contribution in [0.5, 0.6) is 0 Å². The van der Waals surface area contributed by atoms with Crippen LogP contribution in [0.3, 0.4) is 0 Å². The minimum absolute atomic E-state index is 0.00268. The number of carbonyl (C=O) groups is 1. The van der Waals surface area contributed by atoms with Crippen LogP contribution in [0.25, 0.3) is 17.1 Å². The summed E-state index contributed by atoms with van der Waals surface area (Å²) in [6.07, 6.45) is 0. The Hall–Kier alpha value is -3.78. The number of amides is 1. The van der Waals surface area contributed by atoms with Crippen molar-refractivity contribution in [2.75, 3.05) is 0 Å². The second kappa shape index (κ2) is 8.76. The van der Waals surface area contributed by atoms with Crippen molar-refractivity contribution in [2.45, 2.75) is 13.5 Å². The van der Waals surface area contributed by atoms with Crippen LogP contribution in [-0.2, 0) is 6.54 Å². The van der Waals surface area contributed by atoms with Crippen LogP contribution in [0.1, 0.15) is 21.5 Å². The van der Waals surface area contributed by atoms with E-state index in [0.29, 0.717) is 11.3 Å². The zero-order chi connectivity index (χ0) is 22.8. The number of halogens is 3. The number of aromatic nitrogens is 3. The Balaban J connectivity index is 1.52. The van der Waals surface area contributed by atoms with E-state index in [1.165, 1.54) is 30.3 Å². The molecule has 32 heavy (non-hydrogen) atoms. The predicted molar refractivity (Wildman–Crippen MR) is 117 cm³/mol. The highest BCUT2D eigenvalue weighted by atomic mass is 35.5. The third-order valence-electron chi connectivity index (χ3n) is 4.94. The van der Waals surface area contributed by atoms with Crippen molar-refractivity contribution in [3.05, 3.63) is 104 Å². The number of carbonyl (C=O) groups excluding carboxylic acids is 1. The largest absolute Gasteiger partial charge is 0.348 e. The average Bonchev–Trinajstić information content (AvgIpc) is 3.14. The lowest BCUT2D eigenvalue weighted by Gasteiger charge is -2.09. The van der Waals surface area contributed by atoms with E-state index in [4.69, 9.17) is 11.6 Å². The molecule has 0 fully saturated rings. The van der Waals surface area contributed by atoms with Gasteiger partial charge in [-0.15, -0.1) is 5.10 Å². The smallest absolute Gasteiger partial charge is 0.348 e. The molecule has 9 heteroatoms. The highest BCUT2D eigenvalue weighted by molar-refractivity contribution is 6.33. The number of nitrogens with one attached hydrogen (secondary N) is 2. The van der Waals surface area contributed by atoms with E-state index in [1.807, 2.05) is 0 Å². The molecule has 162 valence electrons. The van der Waals surface area contributed by atoms with Crippen LogP contribution < -0.4 is 11.0 Å². The average molecular weight is 455 g/mol. The molecular formula is C23H17ClF2N4O2. The summed E-state index contributed by atoms with van der Waals surface area (Å²) in [5.74, 6) is -1.27.